The summed E-state index contributed by atoms with van der Waals surface area (Å²) in [5.41, 5.74) is 2.08. The normalized spacial score (nSPS) is 14.5. The number of amides is 1. The molecule has 1 saturated heterocycles. The molecule has 0 radical (unpaired) electrons. The molecule has 1 amide bonds. The summed E-state index contributed by atoms with van der Waals surface area (Å²) in [7, 11) is -3.57. The van der Waals surface area contributed by atoms with Gasteiger partial charge in [-0.3, -0.25) is 9.69 Å². The number of sulfonamides is 1. The molecule has 1 fully saturated rings. The Kier molecular flexibility index (Phi) is 7.55. The standard InChI is InChI=1S/C28H29N3O4S2/c1-2-35-24-12-9-13-25-26(24)29-28(36-25)31(20-21-10-5-3-6-11-21)27(32)22-14-16-23(17-15-22)37(33,34)30-18-7-4-8-19-30/h3,5-6,9-17H,2,4,7-8,18-20H2,1H3. The molecule has 192 valence electrons. The average Bonchev–Trinajstić information content (AvgIpc) is 3.38. The first-order chi connectivity index (χ1) is 18.0. The smallest absolute Gasteiger partial charge is 0.260 e. The first-order valence-corrected chi connectivity index (χ1v) is 14.7. The van der Waals surface area contributed by atoms with Crippen LogP contribution in [0.2, 0.25) is 0 Å². The Bertz CT molecular complexity index is 1480. The van der Waals surface area contributed by atoms with Gasteiger partial charge in [0, 0.05) is 18.7 Å². The highest BCUT2D eigenvalue weighted by Gasteiger charge is 2.27. The van der Waals surface area contributed by atoms with Crippen molar-refractivity contribution in [3.8, 4) is 5.75 Å². The van der Waals surface area contributed by atoms with E-state index in [1.54, 1.807) is 17.0 Å². The van der Waals surface area contributed by atoms with E-state index in [0.29, 0.717) is 42.7 Å². The molecule has 9 heteroatoms. The topological polar surface area (TPSA) is 79.8 Å². The second-order valence-corrected chi connectivity index (χ2v) is 11.8. The summed E-state index contributed by atoms with van der Waals surface area (Å²) in [5.74, 6) is 0.435. The minimum Gasteiger partial charge on any atom is -0.492 e. The number of hydrogen-bond acceptors (Lipinski definition) is 6. The molecular weight excluding hydrogens is 506 g/mol. The van der Waals surface area contributed by atoms with Crippen LogP contribution in [0.4, 0.5) is 5.13 Å². The zero-order chi connectivity index (χ0) is 25.8. The Hall–Kier alpha value is -3.27. The van der Waals surface area contributed by atoms with Crippen molar-refractivity contribution in [1.82, 2.24) is 9.29 Å². The Balaban J connectivity index is 1.48. The lowest BCUT2D eigenvalue weighted by Gasteiger charge is -2.26. The summed E-state index contributed by atoms with van der Waals surface area (Å²) in [6.07, 6.45) is 2.80. The van der Waals surface area contributed by atoms with Gasteiger partial charge in [0.1, 0.15) is 11.3 Å². The zero-order valence-corrected chi connectivity index (χ0v) is 22.3. The summed E-state index contributed by atoms with van der Waals surface area (Å²) >= 11 is 1.43. The molecule has 0 saturated carbocycles. The van der Waals surface area contributed by atoms with Crippen LogP contribution in [0.1, 0.15) is 42.1 Å². The van der Waals surface area contributed by atoms with Crippen molar-refractivity contribution >= 4 is 42.6 Å². The second kappa shape index (κ2) is 11.0. The molecule has 0 unspecified atom stereocenters. The maximum atomic E-state index is 13.8. The lowest BCUT2D eigenvalue weighted by Crippen LogP contribution is -2.35. The number of aromatic nitrogens is 1. The molecule has 37 heavy (non-hydrogen) atoms. The van der Waals surface area contributed by atoms with Crippen LogP contribution in [-0.2, 0) is 16.6 Å². The van der Waals surface area contributed by atoms with Gasteiger partial charge in [-0.05, 0) is 61.7 Å². The summed E-state index contributed by atoms with van der Waals surface area (Å²) in [4.78, 5) is 20.4. The number of rotatable bonds is 8. The van der Waals surface area contributed by atoms with Gasteiger partial charge in [0.05, 0.1) is 22.7 Å². The van der Waals surface area contributed by atoms with Crippen LogP contribution < -0.4 is 9.64 Å². The van der Waals surface area contributed by atoms with E-state index in [9.17, 15) is 13.2 Å². The van der Waals surface area contributed by atoms with Gasteiger partial charge in [0.25, 0.3) is 5.91 Å². The average molecular weight is 536 g/mol. The molecule has 0 spiro atoms. The van der Waals surface area contributed by atoms with Crippen LogP contribution in [0.3, 0.4) is 0 Å². The fraction of sp³-hybridized carbons (Fsp3) is 0.286. The molecule has 3 aromatic carbocycles. The van der Waals surface area contributed by atoms with Gasteiger partial charge in [-0.15, -0.1) is 0 Å². The van der Waals surface area contributed by atoms with Gasteiger partial charge >= 0.3 is 0 Å². The number of benzene rings is 3. The number of carbonyl (C=O) groups excluding carboxylic acids is 1. The summed E-state index contributed by atoms with van der Waals surface area (Å²) in [5, 5.41) is 0.557. The number of para-hydroxylation sites is 1. The van der Waals surface area contributed by atoms with E-state index in [-0.39, 0.29) is 10.8 Å². The van der Waals surface area contributed by atoms with Crippen molar-refractivity contribution in [3.63, 3.8) is 0 Å². The van der Waals surface area contributed by atoms with Crippen LogP contribution in [0.5, 0.6) is 5.75 Å². The molecule has 0 bridgehead atoms. The molecule has 2 heterocycles. The third-order valence-electron chi connectivity index (χ3n) is 6.38. The van der Waals surface area contributed by atoms with Crippen molar-refractivity contribution in [1.29, 1.82) is 0 Å². The van der Waals surface area contributed by atoms with E-state index >= 15 is 0 Å². The third-order valence-corrected chi connectivity index (χ3v) is 9.34. The van der Waals surface area contributed by atoms with Gasteiger partial charge in [-0.1, -0.05) is 54.2 Å². The molecule has 1 aromatic heterocycles. The maximum absolute atomic E-state index is 13.8. The zero-order valence-electron chi connectivity index (χ0n) is 20.7. The van der Waals surface area contributed by atoms with Gasteiger partial charge in [0.15, 0.2) is 5.13 Å². The monoisotopic (exact) mass is 535 g/mol. The van der Waals surface area contributed by atoms with Crippen LogP contribution in [0, 0.1) is 0 Å². The first-order valence-electron chi connectivity index (χ1n) is 12.5. The van der Waals surface area contributed by atoms with Gasteiger partial charge in [0.2, 0.25) is 10.0 Å². The Morgan fingerprint density at radius 2 is 1.70 bits per heavy atom. The molecular formula is C28H29N3O4S2. The first kappa shape index (κ1) is 25.4. The predicted octanol–water partition coefficient (Wildman–Crippen LogP) is 5.72. The van der Waals surface area contributed by atoms with Crippen LogP contribution in [-0.4, -0.2) is 43.3 Å². The lowest BCUT2D eigenvalue weighted by molar-refractivity contribution is 0.0985. The minimum atomic E-state index is -3.57. The number of carbonyl (C=O) groups is 1. The van der Waals surface area contributed by atoms with Crippen molar-refractivity contribution in [2.75, 3.05) is 24.6 Å². The van der Waals surface area contributed by atoms with Crippen LogP contribution in [0.15, 0.2) is 77.7 Å². The van der Waals surface area contributed by atoms with Crippen molar-refractivity contribution in [3.05, 3.63) is 83.9 Å². The SMILES string of the molecule is CCOc1cccc2sc(N(Cc3ccccc3)C(=O)c3ccc(S(=O)(=O)N4CCCCC4)cc3)nc12. The van der Waals surface area contributed by atoms with E-state index in [2.05, 4.69) is 0 Å². The number of anilines is 1. The molecule has 7 nitrogen and oxygen atoms in total. The lowest BCUT2D eigenvalue weighted by atomic mass is 10.1. The van der Waals surface area contributed by atoms with Crippen molar-refractivity contribution < 1.29 is 17.9 Å². The second-order valence-electron chi connectivity index (χ2n) is 8.90. The van der Waals surface area contributed by atoms with E-state index in [1.165, 1.54) is 27.8 Å². The number of nitrogens with zero attached hydrogens (tertiary/aromatic N) is 3. The Morgan fingerprint density at radius 3 is 2.41 bits per heavy atom. The van der Waals surface area contributed by atoms with E-state index in [4.69, 9.17) is 9.72 Å². The molecule has 0 atom stereocenters. The summed E-state index contributed by atoms with van der Waals surface area (Å²) in [6.45, 7) is 3.85. The fourth-order valence-corrected chi connectivity index (χ4v) is 6.97. The van der Waals surface area contributed by atoms with E-state index in [1.807, 2.05) is 55.5 Å². The molecule has 1 aliphatic heterocycles. The van der Waals surface area contributed by atoms with Gasteiger partial charge in [-0.2, -0.15) is 4.31 Å². The number of piperidine rings is 1. The minimum absolute atomic E-state index is 0.210. The molecule has 0 aliphatic carbocycles. The van der Waals surface area contributed by atoms with Crippen LogP contribution in [0.25, 0.3) is 10.2 Å². The highest BCUT2D eigenvalue weighted by Crippen LogP contribution is 2.35. The highest BCUT2D eigenvalue weighted by molar-refractivity contribution is 7.89. The Morgan fingerprint density at radius 1 is 0.973 bits per heavy atom. The summed E-state index contributed by atoms with van der Waals surface area (Å²) in [6, 6.07) is 21.7. The molecule has 0 N–H and O–H groups in total. The molecule has 4 aromatic rings. The van der Waals surface area contributed by atoms with E-state index in [0.717, 1.165) is 35.0 Å². The van der Waals surface area contributed by atoms with E-state index < -0.39 is 10.0 Å². The summed E-state index contributed by atoms with van der Waals surface area (Å²) < 4.78 is 34.3. The van der Waals surface area contributed by atoms with Crippen molar-refractivity contribution in [2.45, 2.75) is 37.6 Å². The number of fused-ring (bicyclic) bond motifs is 1. The van der Waals surface area contributed by atoms with Crippen molar-refractivity contribution in [2.24, 2.45) is 0 Å². The van der Waals surface area contributed by atoms with Gasteiger partial charge < -0.3 is 4.74 Å². The maximum Gasteiger partial charge on any atom is 0.260 e. The number of thiazole rings is 1. The molecule has 5 rings (SSSR count). The molecule has 1 aliphatic rings. The Labute approximate surface area is 221 Å². The van der Waals surface area contributed by atoms with Gasteiger partial charge in [-0.25, -0.2) is 13.4 Å². The quantitative estimate of drug-likeness (QED) is 0.288. The van der Waals surface area contributed by atoms with Crippen LogP contribution >= 0.6 is 11.3 Å². The number of ether oxygens (including phenoxy) is 1. The highest BCUT2D eigenvalue weighted by atomic mass is 32.2. The predicted molar refractivity (Wildman–Crippen MR) is 147 cm³/mol. The largest absolute Gasteiger partial charge is 0.492 e. The fourth-order valence-electron chi connectivity index (χ4n) is 4.47. The number of hydrogen-bond donors (Lipinski definition) is 0. The third kappa shape index (κ3) is 5.39.